The van der Waals surface area contributed by atoms with Crippen molar-refractivity contribution in [2.45, 2.75) is 13.8 Å². The second-order valence-electron chi connectivity index (χ2n) is 3.69. The number of ether oxygens (including phenoxy) is 2. The van der Waals surface area contributed by atoms with Crippen LogP contribution in [0.3, 0.4) is 0 Å². The molecule has 0 radical (unpaired) electrons. The smallest absolute Gasteiger partial charge is 0.360 e. The number of carbonyl (C=O) groups is 1. The first-order valence-corrected chi connectivity index (χ1v) is 6.40. The molecule has 0 spiro atoms. The summed E-state index contributed by atoms with van der Waals surface area (Å²) >= 11 is 1.40. The van der Waals surface area contributed by atoms with Crippen molar-refractivity contribution in [3.63, 3.8) is 0 Å². The minimum Gasteiger partial charge on any atom is -0.461 e. The van der Waals surface area contributed by atoms with Gasteiger partial charge in [-0.05, 0) is 12.8 Å². The SMILES string of the molecule is CCOC(=O)c1ncsc1NCC(C)COC. The molecular weight excluding hydrogens is 240 g/mol. The van der Waals surface area contributed by atoms with Crippen LogP contribution in [0.2, 0.25) is 0 Å². The summed E-state index contributed by atoms with van der Waals surface area (Å²) in [5.41, 5.74) is 2.00. The van der Waals surface area contributed by atoms with Crippen LogP contribution < -0.4 is 5.32 Å². The van der Waals surface area contributed by atoms with E-state index in [4.69, 9.17) is 9.47 Å². The van der Waals surface area contributed by atoms with E-state index in [2.05, 4.69) is 17.2 Å². The van der Waals surface area contributed by atoms with Crippen LogP contribution in [0, 0.1) is 5.92 Å². The van der Waals surface area contributed by atoms with Crippen molar-refractivity contribution < 1.29 is 14.3 Å². The maximum absolute atomic E-state index is 11.6. The molecule has 1 N–H and O–H groups in total. The van der Waals surface area contributed by atoms with E-state index >= 15 is 0 Å². The van der Waals surface area contributed by atoms with Crippen LogP contribution in [-0.4, -0.2) is 37.8 Å². The molecule has 17 heavy (non-hydrogen) atoms. The molecular formula is C11H18N2O3S. The fourth-order valence-electron chi connectivity index (χ4n) is 1.33. The van der Waals surface area contributed by atoms with Gasteiger partial charge in [0.25, 0.3) is 0 Å². The first-order chi connectivity index (χ1) is 8.19. The minimum atomic E-state index is -0.379. The lowest BCUT2D eigenvalue weighted by Gasteiger charge is -2.11. The van der Waals surface area contributed by atoms with Crippen molar-refractivity contribution in [2.24, 2.45) is 5.92 Å². The van der Waals surface area contributed by atoms with Gasteiger partial charge in [0.1, 0.15) is 5.00 Å². The van der Waals surface area contributed by atoms with E-state index in [0.29, 0.717) is 24.8 Å². The number of hydrogen-bond donors (Lipinski definition) is 1. The third-order valence-corrected chi connectivity index (χ3v) is 2.88. The van der Waals surface area contributed by atoms with Gasteiger partial charge in [-0.2, -0.15) is 0 Å². The van der Waals surface area contributed by atoms with E-state index in [1.54, 1.807) is 19.5 Å². The average molecular weight is 258 g/mol. The van der Waals surface area contributed by atoms with Gasteiger partial charge in [-0.3, -0.25) is 0 Å². The third kappa shape index (κ3) is 4.32. The molecule has 0 amide bonds. The fraction of sp³-hybridized carbons (Fsp3) is 0.636. The summed E-state index contributed by atoms with van der Waals surface area (Å²) in [5, 5.41) is 3.95. The topological polar surface area (TPSA) is 60.5 Å². The lowest BCUT2D eigenvalue weighted by Crippen LogP contribution is -2.17. The van der Waals surface area contributed by atoms with Crippen LogP contribution in [-0.2, 0) is 9.47 Å². The Balaban J connectivity index is 2.54. The minimum absolute atomic E-state index is 0.357. The van der Waals surface area contributed by atoms with Gasteiger partial charge in [-0.1, -0.05) is 6.92 Å². The highest BCUT2D eigenvalue weighted by atomic mass is 32.1. The molecule has 6 heteroatoms. The number of hydrogen-bond acceptors (Lipinski definition) is 6. The van der Waals surface area contributed by atoms with Crippen molar-refractivity contribution >= 4 is 22.3 Å². The summed E-state index contributed by atoms with van der Waals surface area (Å²) in [6, 6.07) is 0. The Bertz CT molecular complexity index is 354. The maximum Gasteiger partial charge on any atom is 0.360 e. The highest BCUT2D eigenvalue weighted by Gasteiger charge is 2.16. The predicted molar refractivity (Wildman–Crippen MR) is 67.6 cm³/mol. The van der Waals surface area contributed by atoms with E-state index in [-0.39, 0.29) is 5.97 Å². The first-order valence-electron chi connectivity index (χ1n) is 5.52. The second kappa shape index (κ2) is 7.24. The first kappa shape index (κ1) is 13.9. The van der Waals surface area contributed by atoms with Crippen molar-refractivity contribution in [3.8, 4) is 0 Å². The molecule has 1 rings (SSSR count). The van der Waals surface area contributed by atoms with Gasteiger partial charge < -0.3 is 14.8 Å². The highest BCUT2D eigenvalue weighted by Crippen LogP contribution is 2.21. The van der Waals surface area contributed by atoms with Gasteiger partial charge in [-0.25, -0.2) is 9.78 Å². The number of nitrogens with one attached hydrogen (secondary N) is 1. The predicted octanol–water partition coefficient (Wildman–Crippen LogP) is 2.01. The molecule has 0 bridgehead atoms. The number of thiazole rings is 1. The molecule has 1 heterocycles. The van der Waals surface area contributed by atoms with E-state index in [9.17, 15) is 4.79 Å². The van der Waals surface area contributed by atoms with Crippen LogP contribution in [0.4, 0.5) is 5.00 Å². The molecule has 1 unspecified atom stereocenters. The lowest BCUT2D eigenvalue weighted by molar-refractivity contribution is 0.0521. The lowest BCUT2D eigenvalue weighted by atomic mass is 10.2. The quantitative estimate of drug-likeness (QED) is 0.758. The largest absolute Gasteiger partial charge is 0.461 e. The fourth-order valence-corrected chi connectivity index (χ4v) is 2.00. The summed E-state index contributed by atoms with van der Waals surface area (Å²) in [4.78, 5) is 15.6. The van der Waals surface area contributed by atoms with Crippen LogP contribution in [0.15, 0.2) is 5.51 Å². The number of aromatic nitrogens is 1. The normalized spacial score (nSPS) is 12.2. The molecule has 0 saturated heterocycles. The van der Waals surface area contributed by atoms with Gasteiger partial charge in [0.15, 0.2) is 5.69 Å². The Labute approximate surface area is 105 Å². The number of rotatable bonds is 7. The molecule has 0 aliphatic rings. The van der Waals surface area contributed by atoms with Crippen molar-refractivity contribution in [2.75, 3.05) is 32.2 Å². The molecule has 0 aromatic carbocycles. The second-order valence-corrected chi connectivity index (χ2v) is 4.55. The summed E-state index contributed by atoms with van der Waals surface area (Å²) in [6.45, 7) is 5.62. The number of esters is 1. The van der Waals surface area contributed by atoms with Crippen LogP contribution >= 0.6 is 11.3 Å². The summed E-state index contributed by atoms with van der Waals surface area (Å²) in [6.07, 6.45) is 0. The Morgan fingerprint density at radius 1 is 1.65 bits per heavy atom. The maximum atomic E-state index is 11.6. The zero-order valence-corrected chi connectivity index (χ0v) is 11.2. The molecule has 0 aliphatic heterocycles. The van der Waals surface area contributed by atoms with Gasteiger partial charge in [0.05, 0.1) is 18.7 Å². The molecule has 1 aromatic heterocycles. The van der Waals surface area contributed by atoms with Gasteiger partial charge >= 0.3 is 5.97 Å². The Morgan fingerprint density at radius 3 is 3.06 bits per heavy atom. The third-order valence-electron chi connectivity index (χ3n) is 2.10. The number of anilines is 1. The summed E-state index contributed by atoms with van der Waals surface area (Å²) in [5.74, 6) is -0.00668. The van der Waals surface area contributed by atoms with Crippen LogP contribution in [0.25, 0.3) is 0 Å². The van der Waals surface area contributed by atoms with Gasteiger partial charge in [0, 0.05) is 13.7 Å². The van der Waals surface area contributed by atoms with E-state index in [0.717, 1.165) is 11.5 Å². The number of nitrogens with zero attached hydrogens (tertiary/aromatic N) is 1. The van der Waals surface area contributed by atoms with E-state index in [1.807, 2.05) is 0 Å². The Morgan fingerprint density at radius 2 is 2.41 bits per heavy atom. The molecule has 1 atom stereocenters. The van der Waals surface area contributed by atoms with Gasteiger partial charge in [0.2, 0.25) is 0 Å². The Kier molecular flexibility index (Phi) is 5.93. The monoisotopic (exact) mass is 258 g/mol. The van der Waals surface area contributed by atoms with Gasteiger partial charge in [-0.15, -0.1) is 11.3 Å². The average Bonchev–Trinajstić information content (AvgIpc) is 2.75. The van der Waals surface area contributed by atoms with Crippen molar-refractivity contribution in [3.05, 3.63) is 11.2 Å². The molecule has 5 nitrogen and oxygen atoms in total. The van der Waals surface area contributed by atoms with Crippen LogP contribution in [0.5, 0.6) is 0 Å². The molecule has 0 aliphatic carbocycles. The number of methoxy groups -OCH3 is 1. The van der Waals surface area contributed by atoms with E-state index in [1.165, 1.54) is 11.3 Å². The highest BCUT2D eigenvalue weighted by molar-refractivity contribution is 7.14. The zero-order valence-electron chi connectivity index (χ0n) is 10.4. The molecule has 0 fully saturated rings. The Hall–Kier alpha value is -1.14. The van der Waals surface area contributed by atoms with Crippen molar-refractivity contribution in [1.29, 1.82) is 0 Å². The standard InChI is InChI=1S/C11H18N2O3S/c1-4-16-11(14)9-10(17-7-13-9)12-5-8(2)6-15-3/h7-8,12H,4-6H2,1-3H3. The zero-order chi connectivity index (χ0) is 12.7. The van der Waals surface area contributed by atoms with Crippen LogP contribution in [0.1, 0.15) is 24.3 Å². The molecule has 1 aromatic rings. The molecule has 0 saturated carbocycles. The summed E-state index contributed by atoms with van der Waals surface area (Å²) in [7, 11) is 1.67. The molecule has 96 valence electrons. The number of carbonyl (C=O) groups excluding carboxylic acids is 1. The van der Waals surface area contributed by atoms with E-state index < -0.39 is 0 Å². The summed E-state index contributed by atoms with van der Waals surface area (Å²) < 4.78 is 9.97. The van der Waals surface area contributed by atoms with Crippen molar-refractivity contribution in [1.82, 2.24) is 4.98 Å².